The SMILES string of the molecule is COc1cc(C(=O)CN2C(=O)c3ccccc3C2=O)c(OC)cc1Br. The first-order valence-electron chi connectivity index (χ1n) is 7.38. The van der Waals surface area contributed by atoms with Gasteiger partial charge in [0.25, 0.3) is 11.8 Å². The fraction of sp³-hybridized carbons (Fsp3) is 0.167. The fourth-order valence-corrected chi connectivity index (χ4v) is 3.17. The van der Waals surface area contributed by atoms with Crippen LogP contribution in [0.5, 0.6) is 11.5 Å². The Kier molecular flexibility index (Phi) is 4.59. The summed E-state index contributed by atoms with van der Waals surface area (Å²) in [5, 5.41) is 0. The van der Waals surface area contributed by atoms with Gasteiger partial charge in [0, 0.05) is 0 Å². The number of amides is 2. The van der Waals surface area contributed by atoms with Gasteiger partial charge in [-0.2, -0.15) is 0 Å². The first-order valence-corrected chi connectivity index (χ1v) is 8.17. The van der Waals surface area contributed by atoms with E-state index in [2.05, 4.69) is 15.9 Å². The van der Waals surface area contributed by atoms with Gasteiger partial charge in [-0.1, -0.05) is 12.1 Å². The summed E-state index contributed by atoms with van der Waals surface area (Å²) in [4.78, 5) is 38.4. The predicted molar refractivity (Wildman–Crippen MR) is 93.4 cm³/mol. The number of carbonyl (C=O) groups excluding carboxylic acids is 3. The molecule has 2 aromatic rings. The molecule has 2 amide bonds. The number of hydrogen-bond acceptors (Lipinski definition) is 5. The number of carbonyl (C=O) groups is 3. The lowest BCUT2D eigenvalue weighted by atomic mass is 10.1. The van der Waals surface area contributed by atoms with Crippen molar-refractivity contribution in [3.63, 3.8) is 0 Å². The van der Waals surface area contributed by atoms with Crippen molar-refractivity contribution in [3.8, 4) is 11.5 Å². The van der Waals surface area contributed by atoms with E-state index in [9.17, 15) is 14.4 Å². The third-order valence-corrected chi connectivity index (χ3v) is 4.57. The Balaban J connectivity index is 1.91. The lowest BCUT2D eigenvalue weighted by Gasteiger charge is -2.15. The van der Waals surface area contributed by atoms with Crippen LogP contribution in [0.4, 0.5) is 0 Å². The van der Waals surface area contributed by atoms with E-state index in [1.807, 2.05) is 0 Å². The Labute approximate surface area is 152 Å². The standard InChI is InChI=1S/C18H14BrNO5/c1-24-15-8-13(19)16(25-2)7-12(15)14(21)9-20-17(22)10-5-3-4-6-11(10)18(20)23/h3-8H,9H2,1-2H3. The number of hydrogen-bond donors (Lipinski definition) is 0. The molecular formula is C18H14BrNO5. The number of ether oxygens (including phenoxy) is 2. The number of benzene rings is 2. The highest BCUT2D eigenvalue weighted by Crippen LogP contribution is 2.33. The topological polar surface area (TPSA) is 72.9 Å². The minimum Gasteiger partial charge on any atom is -0.496 e. The summed E-state index contributed by atoms with van der Waals surface area (Å²) < 4.78 is 11.1. The van der Waals surface area contributed by atoms with Crippen LogP contribution in [0, 0.1) is 0 Å². The summed E-state index contributed by atoms with van der Waals surface area (Å²) in [5.41, 5.74) is 0.848. The Morgan fingerprint density at radius 2 is 1.56 bits per heavy atom. The van der Waals surface area contributed by atoms with Gasteiger partial charge in [-0.3, -0.25) is 19.3 Å². The van der Waals surface area contributed by atoms with Gasteiger partial charge in [0.2, 0.25) is 0 Å². The lowest BCUT2D eigenvalue weighted by molar-refractivity contribution is 0.0623. The Bertz CT molecular complexity index is 858. The first-order chi connectivity index (χ1) is 12.0. The third kappa shape index (κ3) is 2.91. The normalized spacial score (nSPS) is 13.0. The van der Waals surface area contributed by atoms with Crippen LogP contribution in [0.2, 0.25) is 0 Å². The van der Waals surface area contributed by atoms with Crippen molar-refractivity contribution < 1.29 is 23.9 Å². The highest BCUT2D eigenvalue weighted by molar-refractivity contribution is 9.10. The monoisotopic (exact) mass is 403 g/mol. The maximum absolute atomic E-state index is 12.7. The Hall–Kier alpha value is -2.67. The Morgan fingerprint density at radius 3 is 2.08 bits per heavy atom. The fourth-order valence-electron chi connectivity index (χ4n) is 2.69. The number of ketones is 1. The van der Waals surface area contributed by atoms with Crippen molar-refractivity contribution in [2.45, 2.75) is 0 Å². The molecule has 25 heavy (non-hydrogen) atoms. The molecule has 1 aliphatic heterocycles. The molecule has 0 aliphatic carbocycles. The van der Waals surface area contributed by atoms with E-state index >= 15 is 0 Å². The van der Waals surface area contributed by atoms with E-state index in [0.29, 0.717) is 27.1 Å². The molecule has 0 saturated carbocycles. The quantitative estimate of drug-likeness (QED) is 0.566. The van der Waals surface area contributed by atoms with Gasteiger partial charge in [0.05, 0.1) is 41.9 Å². The van der Waals surface area contributed by atoms with Gasteiger partial charge >= 0.3 is 0 Å². The molecule has 0 atom stereocenters. The molecule has 2 aromatic carbocycles. The highest BCUT2D eigenvalue weighted by Gasteiger charge is 2.36. The second-order valence-corrected chi connectivity index (χ2v) is 6.21. The molecular weight excluding hydrogens is 390 g/mol. The van der Waals surface area contributed by atoms with Crippen LogP contribution in [0.3, 0.4) is 0 Å². The van der Waals surface area contributed by atoms with Crippen LogP contribution in [-0.2, 0) is 0 Å². The summed E-state index contributed by atoms with van der Waals surface area (Å²) in [6, 6.07) is 9.63. The smallest absolute Gasteiger partial charge is 0.261 e. The molecule has 1 aliphatic rings. The van der Waals surface area contributed by atoms with Gasteiger partial charge in [-0.25, -0.2) is 0 Å². The number of halogens is 1. The summed E-state index contributed by atoms with van der Waals surface area (Å²) >= 11 is 3.32. The average Bonchev–Trinajstić information content (AvgIpc) is 2.86. The van der Waals surface area contributed by atoms with E-state index < -0.39 is 17.6 Å². The van der Waals surface area contributed by atoms with Gasteiger partial charge in [-0.05, 0) is 40.2 Å². The number of imide groups is 1. The van der Waals surface area contributed by atoms with E-state index in [1.165, 1.54) is 20.3 Å². The van der Waals surface area contributed by atoms with Crippen LogP contribution in [0.1, 0.15) is 31.1 Å². The van der Waals surface area contributed by atoms with Crippen molar-refractivity contribution in [1.82, 2.24) is 4.90 Å². The van der Waals surface area contributed by atoms with Gasteiger partial charge in [0.15, 0.2) is 5.78 Å². The van der Waals surface area contributed by atoms with Crippen molar-refractivity contribution in [2.75, 3.05) is 20.8 Å². The number of nitrogens with zero attached hydrogens (tertiary/aromatic N) is 1. The molecule has 0 saturated heterocycles. The predicted octanol–water partition coefficient (Wildman–Crippen LogP) is 2.95. The minimum absolute atomic E-state index is 0.235. The average molecular weight is 404 g/mol. The van der Waals surface area contributed by atoms with Crippen LogP contribution >= 0.6 is 15.9 Å². The summed E-state index contributed by atoms with van der Waals surface area (Å²) in [7, 11) is 2.91. The summed E-state index contributed by atoms with van der Waals surface area (Å²) in [6.07, 6.45) is 0. The zero-order chi connectivity index (χ0) is 18.1. The molecule has 128 valence electrons. The highest BCUT2D eigenvalue weighted by atomic mass is 79.9. The van der Waals surface area contributed by atoms with Crippen LogP contribution in [0.15, 0.2) is 40.9 Å². The van der Waals surface area contributed by atoms with Gasteiger partial charge < -0.3 is 9.47 Å². The zero-order valence-corrected chi connectivity index (χ0v) is 15.1. The number of methoxy groups -OCH3 is 2. The number of rotatable bonds is 5. The van der Waals surface area contributed by atoms with Crippen molar-refractivity contribution in [3.05, 3.63) is 57.6 Å². The molecule has 0 fully saturated rings. The third-order valence-electron chi connectivity index (χ3n) is 3.95. The van der Waals surface area contributed by atoms with Crippen LogP contribution in [0.25, 0.3) is 0 Å². The first kappa shape index (κ1) is 17.2. The van der Waals surface area contributed by atoms with Crippen LogP contribution < -0.4 is 9.47 Å². The molecule has 0 unspecified atom stereocenters. The van der Waals surface area contributed by atoms with Gasteiger partial charge in [-0.15, -0.1) is 0 Å². The van der Waals surface area contributed by atoms with E-state index in [-0.39, 0.29) is 12.1 Å². The molecule has 0 aromatic heterocycles. The molecule has 0 N–H and O–H groups in total. The molecule has 0 radical (unpaired) electrons. The number of fused-ring (bicyclic) bond motifs is 1. The molecule has 1 heterocycles. The number of Topliss-reactive ketones (excluding diaryl/α,β-unsaturated/α-hetero) is 1. The summed E-state index contributed by atoms with van der Waals surface area (Å²) in [5.74, 6) is -0.591. The van der Waals surface area contributed by atoms with Crippen molar-refractivity contribution in [1.29, 1.82) is 0 Å². The van der Waals surface area contributed by atoms with Crippen molar-refractivity contribution in [2.24, 2.45) is 0 Å². The van der Waals surface area contributed by atoms with E-state index in [0.717, 1.165) is 4.90 Å². The maximum Gasteiger partial charge on any atom is 0.261 e. The summed E-state index contributed by atoms with van der Waals surface area (Å²) in [6.45, 7) is -0.368. The Morgan fingerprint density at radius 1 is 1.00 bits per heavy atom. The maximum atomic E-state index is 12.7. The van der Waals surface area contributed by atoms with E-state index in [1.54, 1.807) is 30.3 Å². The van der Waals surface area contributed by atoms with Crippen LogP contribution in [-0.4, -0.2) is 43.3 Å². The lowest BCUT2D eigenvalue weighted by Crippen LogP contribution is -2.35. The van der Waals surface area contributed by atoms with Gasteiger partial charge in [0.1, 0.15) is 11.5 Å². The second kappa shape index (κ2) is 6.68. The molecule has 0 spiro atoms. The molecule has 3 rings (SSSR count). The van der Waals surface area contributed by atoms with E-state index in [4.69, 9.17) is 9.47 Å². The molecule has 6 nitrogen and oxygen atoms in total. The minimum atomic E-state index is -0.475. The second-order valence-electron chi connectivity index (χ2n) is 5.35. The molecule has 7 heteroatoms. The zero-order valence-electron chi connectivity index (χ0n) is 13.5. The molecule has 0 bridgehead atoms. The van der Waals surface area contributed by atoms with Crippen molar-refractivity contribution >= 4 is 33.5 Å². The largest absolute Gasteiger partial charge is 0.496 e.